The zero-order chi connectivity index (χ0) is 20.2. The lowest BCUT2D eigenvalue weighted by molar-refractivity contribution is -0.152. The zero-order valence-corrected chi connectivity index (χ0v) is 17.4. The van der Waals surface area contributed by atoms with Crippen molar-refractivity contribution in [3.8, 4) is 5.75 Å². The Kier molecular flexibility index (Phi) is 6.95. The number of carbonyl (C=O) groups is 1. The fourth-order valence-electron chi connectivity index (χ4n) is 2.94. The van der Waals surface area contributed by atoms with Gasteiger partial charge in [-0.15, -0.1) is 11.8 Å². The third-order valence-corrected chi connectivity index (χ3v) is 5.34. The fraction of sp³-hybridized carbons (Fsp3) is 0.409. The number of rotatable bonds is 8. The molecule has 0 aliphatic rings. The van der Waals surface area contributed by atoms with Gasteiger partial charge >= 0.3 is 5.97 Å². The molecular formula is C22H28O4S. The fourth-order valence-corrected chi connectivity index (χ4v) is 3.35. The number of aliphatic carboxylic acids is 1. The highest BCUT2D eigenvalue weighted by Gasteiger charge is 2.30. The Bertz CT molecular complexity index is 773. The summed E-state index contributed by atoms with van der Waals surface area (Å²) in [4.78, 5) is 12.5. The molecular weight excluding hydrogens is 360 g/mol. The second kappa shape index (κ2) is 8.81. The van der Waals surface area contributed by atoms with Gasteiger partial charge in [-0.2, -0.15) is 0 Å². The van der Waals surface area contributed by atoms with E-state index < -0.39 is 17.7 Å². The maximum absolute atomic E-state index is 11.3. The topological polar surface area (TPSA) is 66.8 Å². The van der Waals surface area contributed by atoms with Crippen LogP contribution in [0.15, 0.2) is 41.3 Å². The molecule has 0 spiro atoms. The molecule has 4 nitrogen and oxygen atoms in total. The standard InChI is InChI=1S/C22H28O4S/c1-14-12-16(13-15(2)20(14)26-22(3,4)21(24)25)6-11-19(23)17-7-9-18(27-5)10-8-17/h7-10,12-13,19,23H,6,11H2,1-5H3,(H,24,25). The summed E-state index contributed by atoms with van der Waals surface area (Å²) in [7, 11) is 0. The number of carboxylic acid groups (broad SMARTS) is 1. The molecule has 2 aromatic carbocycles. The lowest BCUT2D eigenvalue weighted by Crippen LogP contribution is -2.38. The summed E-state index contributed by atoms with van der Waals surface area (Å²) in [5.41, 5.74) is 2.54. The molecule has 1 atom stereocenters. The summed E-state index contributed by atoms with van der Waals surface area (Å²) in [6.07, 6.45) is 2.87. The summed E-state index contributed by atoms with van der Waals surface area (Å²) in [6, 6.07) is 12.0. The van der Waals surface area contributed by atoms with Crippen LogP contribution in [0.1, 0.15) is 48.6 Å². The molecule has 1 unspecified atom stereocenters. The molecule has 0 amide bonds. The van der Waals surface area contributed by atoms with Gasteiger partial charge in [0.25, 0.3) is 0 Å². The first-order valence-electron chi connectivity index (χ1n) is 8.98. The Morgan fingerprint density at radius 2 is 1.70 bits per heavy atom. The summed E-state index contributed by atoms with van der Waals surface area (Å²) in [6.45, 7) is 6.92. The Balaban J connectivity index is 2.08. The molecule has 0 bridgehead atoms. The minimum Gasteiger partial charge on any atom is -0.478 e. The number of ether oxygens (including phenoxy) is 1. The first-order chi connectivity index (χ1) is 12.6. The molecule has 0 aliphatic heterocycles. The second-order valence-electron chi connectivity index (χ2n) is 7.30. The molecule has 2 aromatic rings. The molecule has 2 N–H and O–H groups in total. The highest BCUT2D eigenvalue weighted by molar-refractivity contribution is 7.98. The Morgan fingerprint density at radius 3 is 2.19 bits per heavy atom. The van der Waals surface area contributed by atoms with Crippen molar-refractivity contribution in [2.24, 2.45) is 0 Å². The Morgan fingerprint density at radius 1 is 1.15 bits per heavy atom. The maximum Gasteiger partial charge on any atom is 0.347 e. The molecule has 27 heavy (non-hydrogen) atoms. The molecule has 0 radical (unpaired) electrons. The molecule has 0 saturated heterocycles. The van der Waals surface area contributed by atoms with Crippen LogP contribution in [0.4, 0.5) is 0 Å². The van der Waals surface area contributed by atoms with Gasteiger partial charge in [-0.1, -0.05) is 24.3 Å². The van der Waals surface area contributed by atoms with E-state index in [9.17, 15) is 15.0 Å². The van der Waals surface area contributed by atoms with Crippen LogP contribution in [-0.2, 0) is 11.2 Å². The van der Waals surface area contributed by atoms with Crippen LogP contribution in [0, 0.1) is 13.8 Å². The van der Waals surface area contributed by atoms with Gasteiger partial charge in [-0.05, 0) is 81.2 Å². The molecule has 0 aliphatic carbocycles. The van der Waals surface area contributed by atoms with E-state index in [0.717, 1.165) is 28.7 Å². The molecule has 146 valence electrons. The lowest BCUT2D eigenvalue weighted by atomic mass is 9.98. The molecule has 2 rings (SSSR count). The quantitative estimate of drug-likeness (QED) is 0.628. The number of hydrogen-bond acceptors (Lipinski definition) is 4. The van der Waals surface area contributed by atoms with Gasteiger partial charge in [-0.25, -0.2) is 4.79 Å². The minimum atomic E-state index is -1.28. The highest BCUT2D eigenvalue weighted by Crippen LogP contribution is 2.30. The van der Waals surface area contributed by atoms with Crippen molar-refractivity contribution in [1.29, 1.82) is 0 Å². The van der Waals surface area contributed by atoms with Crippen LogP contribution >= 0.6 is 11.8 Å². The molecule has 0 heterocycles. The van der Waals surface area contributed by atoms with Crippen molar-refractivity contribution < 1.29 is 19.7 Å². The second-order valence-corrected chi connectivity index (χ2v) is 8.18. The van der Waals surface area contributed by atoms with E-state index in [0.29, 0.717) is 12.2 Å². The maximum atomic E-state index is 11.3. The monoisotopic (exact) mass is 388 g/mol. The lowest BCUT2D eigenvalue weighted by Gasteiger charge is -2.24. The number of benzene rings is 2. The van der Waals surface area contributed by atoms with Crippen LogP contribution < -0.4 is 4.74 Å². The average Bonchev–Trinajstić information content (AvgIpc) is 2.62. The third-order valence-electron chi connectivity index (χ3n) is 4.60. The van der Waals surface area contributed by atoms with Crippen molar-refractivity contribution in [2.75, 3.05) is 6.26 Å². The highest BCUT2D eigenvalue weighted by atomic mass is 32.2. The van der Waals surface area contributed by atoms with Gasteiger partial charge in [0.15, 0.2) is 5.60 Å². The summed E-state index contributed by atoms with van der Waals surface area (Å²) in [5.74, 6) is -0.389. The number of aryl methyl sites for hydroxylation is 3. The van der Waals surface area contributed by atoms with Crippen LogP contribution in [0.2, 0.25) is 0 Å². The predicted octanol–water partition coefficient (Wildman–Crippen LogP) is 4.93. The van der Waals surface area contributed by atoms with Crippen LogP contribution in [0.3, 0.4) is 0 Å². The summed E-state index contributed by atoms with van der Waals surface area (Å²) >= 11 is 1.68. The van der Waals surface area contributed by atoms with Gasteiger partial charge < -0.3 is 14.9 Å². The molecule has 5 heteroatoms. The van der Waals surface area contributed by atoms with Gasteiger partial charge in [-0.3, -0.25) is 0 Å². The van der Waals surface area contributed by atoms with Gasteiger partial charge in [0, 0.05) is 4.90 Å². The number of thioether (sulfide) groups is 1. The molecule has 0 saturated carbocycles. The zero-order valence-electron chi connectivity index (χ0n) is 16.6. The first kappa shape index (κ1) is 21.3. The van der Waals surface area contributed by atoms with Crippen molar-refractivity contribution in [2.45, 2.75) is 57.1 Å². The first-order valence-corrected chi connectivity index (χ1v) is 10.2. The van der Waals surface area contributed by atoms with E-state index >= 15 is 0 Å². The van der Waals surface area contributed by atoms with Crippen LogP contribution in [0.5, 0.6) is 5.75 Å². The van der Waals surface area contributed by atoms with Gasteiger partial charge in [0.2, 0.25) is 0 Å². The Labute approximate surface area is 165 Å². The van der Waals surface area contributed by atoms with Gasteiger partial charge in [0.05, 0.1) is 6.10 Å². The van der Waals surface area contributed by atoms with Crippen molar-refractivity contribution >= 4 is 17.7 Å². The number of aliphatic hydroxyl groups excluding tert-OH is 1. The SMILES string of the molecule is CSc1ccc(C(O)CCc2cc(C)c(OC(C)(C)C(=O)O)c(C)c2)cc1. The van der Waals surface area contributed by atoms with Gasteiger partial charge in [0.1, 0.15) is 5.75 Å². The summed E-state index contributed by atoms with van der Waals surface area (Å²) in [5, 5.41) is 19.7. The van der Waals surface area contributed by atoms with E-state index in [4.69, 9.17) is 4.74 Å². The van der Waals surface area contributed by atoms with Crippen LogP contribution in [0.25, 0.3) is 0 Å². The van der Waals surface area contributed by atoms with E-state index in [-0.39, 0.29) is 0 Å². The largest absolute Gasteiger partial charge is 0.478 e. The molecule has 0 fully saturated rings. The molecule has 0 aromatic heterocycles. The number of aliphatic hydroxyl groups is 1. The Hall–Kier alpha value is -1.98. The summed E-state index contributed by atoms with van der Waals surface area (Å²) < 4.78 is 5.75. The smallest absolute Gasteiger partial charge is 0.347 e. The third kappa shape index (κ3) is 5.50. The normalized spacial score (nSPS) is 12.7. The minimum absolute atomic E-state index is 0.511. The van der Waals surface area contributed by atoms with E-state index in [2.05, 4.69) is 0 Å². The predicted molar refractivity (Wildman–Crippen MR) is 110 cm³/mol. The van der Waals surface area contributed by atoms with Crippen molar-refractivity contribution in [1.82, 2.24) is 0 Å². The van der Waals surface area contributed by atoms with Crippen molar-refractivity contribution in [3.05, 3.63) is 58.7 Å². The number of hydrogen-bond donors (Lipinski definition) is 2. The van der Waals surface area contributed by atoms with E-state index in [1.54, 1.807) is 25.6 Å². The van der Waals surface area contributed by atoms with E-state index in [1.165, 1.54) is 4.90 Å². The van der Waals surface area contributed by atoms with Crippen LogP contribution in [-0.4, -0.2) is 28.0 Å². The average molecular weight is 389 g/mol. The number of carboxylic acids is 1. The van der Waals surface area contributed by atoms with Crippen molar-refractivity contribution in [3.63, 3.8) is 0 Å². The van der Waals surface area contributed by atoms with E-state index in [1.807, 2.05) is 56.5 Å².